The van der Waals surface area contributed by atoms with E-state index < -0.39 is 6.29 Å². The zero-order chi connectivity index (χ0) is 11.8. The van der Waals surface area contributed by atoms with Crippen LogP contribution < -0.4 is 0 Å². The van der Waals surface area contributed by atoms with Crippen molar-refractivity contribution in [2.45, 2.75) is 25.7 Å². The molecular weight excluding hydrogens is 208 g/mol. The van der Waals surface area contributed by atoms with Gasteiger partial charge in [0.15, 0.2) is 6.29 Å². The topological polar surface area (TPSA) is 55.8 Å². The number of aliphatic hydroxyl groups is 1. The van der Waals surface area contributed by atoms with E-state index in [4.69, 9.17) is 4.74 Å². The Balaban J connectivity index is 2.20. The summed E-state index contributed by atoms with van der Waals surface area (Å²) < 4.78 is 9.63. The van der Waals surface area contributed by atoms with Gasteiger partial charge in [0.1, 0.15) is 0 Å². The minimum atomic E-state index is -0.931. The summed E-state index contributed by atoms with van der Waals surface area (Å²) in [6.45, 7) is 0.336. The van der Waals surface area contributed by atoms with E-state index >= 15 is 0 Å². The van der Waals surface area contributed by atoms with E-state index in [2.05, 4.69) is 4.74 Å². The summed E-state index contributed by atoms with van der Waals surface area (Å²) in [7, 11) is 1.32. The highest BCUT2D eigenvalue weighted by Crippen LogP contribution is 2.06. The summed E-state index contributed by atoms with van der Waals surface area (Å²) in [5.41, 5.74) is 0.986. The third kappa shape index (κ3) is 4.91. The molecule has 0 saturated carbocycles. The molecule has 88 valence electrons. The number of rotatable bonds is 6. The third-order valence-electron chi connectivity index (χ3n) is 2.11. The fourth-order valence-corrected chi connectivity index (χ4v) is 1.19. The number of hydrogen-bond donors (Lipinski definition) is 1. The van der Waals surface area contributed by atoms with Gasteiger partial charge in [-0.1, -0.05) is 30.3 Å². The van der Waals surface area contributed by atoms with Crippen molar-refractivity contribution >= 4 is 5.97 Å². The molecule has 1 rings (SSSR count). The monoisotopic (exact) mass is 224 g/mol. The smallest absolute Gasteiger partial charge is 0.305 e. The van der Waals surface area contributed by atoms with Crippen LogP contribution in [-0.2, 0) is 20.9 Å². The maximum absolute atomic E-state index is 10.8. The molecule has 0 spiro atoms. The molecule has 1 atom stereocenters. The highest BCUT2D eigenvalue weighted by molar-refractivity contribution is 5.69. The summed E-state index contributed by atoms with van der Waals surface area (Å²) >= 11 is 0. The van der Waals surface area contributed by atoms with Crippen LogP contribution in [0.1, 0.15) is 18.4 Å². The summed E-state index contributed by atoms with van der Waals surface area (Å²) in [6.07, 6.45) is -0.523. The highest BCUT2D eigenvalue weighted by Gasteiger charge is 2.08. The van der Waals surface area contributed by atoms with E-state index in [1.54, 1.807) is 0 Å². The number of methoxy groups -OCH3 is 1. The largest absolute Gasteiger partial charge is 0.469 e. The lowest BCUT2D eigenvalue weighted by Crippen LogP contribution is -2.14. The van der Waals surface area contributed by atoms with Gasteiger partial charge in [0.2, 0.25) is 0 Å². The van der Waals surface area contributed by atoms with E-state index in [1.165, 1.54) is 7.11 Å². The standard InChI is InChI=1S/C12H16O4/c1-15-11(13)7-8-12(14)16-9-10-5-3-2-4-6-10/h2-6,12,14H,7-9H2,1H3. The van der Waals surface area contributed by atoms with Gasteiger partial charge in [-0.25, -0.2) is 0 Å². The van der Waals surface area contributed by atoms with Gasteiger partial charge in [0.25, 0.3) is 0 Å². The minimum absolute atomic E-state index is 0.159. The number of benzene rings is 1. The van der Waals surface area contributed by atoms with Gasteiger partial charge in [-0.3, -0.25) is 4.79 Å². The Hall–Kier alpha value is -1.39. The van der Waals surface area contributed by atoms with Crippen molar-refractivity contribution in [2.24, 2.45) is 0 Å². The maximum Gasteiger partial charge on any atom is 0.305 e. The Morgan fingerprint density at radius 1 is 1.38 bits per heavy atom. The lowest BCUT2D eigenvalue weighted by molar-refractivity contribution is -0.146. The van der Waals surface area contributed by atoms with Crippen molar-refractivity contribution in [1.29, 1.82) is 0 Å². The van der Waals surface area contributed by atoms with Crippen molar-refractivity contribution in [2.75, 3.05) is 7.11 Å². The fraction of sp³-hybridized carbons (Fsp3) is 0.417. The molecule has 1 aromatic rings. The lowest BCUT2D eigenvalue weighted by Gasteiger charge is -2.11. The highest BCUT2D eigenvalue weighted by atomic mass is 16.6. The molecule has 0 aliphatic carbocycles. The SMILES string of the molecule is COC(=O)CCC(O)OCc1ccccc1. The third-order valence-corrected chi connectivity index (χ3v) is 2.11. The van der Waals surface area contributed by atoms with E-state index in [0.717, 1.165) is 5.56 Å². The van der Waals surface area contributed by atoms with Gasteiger partial charge in [-0.2, -0.15) is 0 Å². The molecular formula is C12H16O4. The molecule has 1 N–H and O–H groups in total. The average Bonchev–Trinajstić information content (AvgIpc) is 2.34. The normalized spacial score (nSPS) is 12.1. The second kappa shape index (κ2) is 6.98. The molecule has 0 aliphatic heterocycles. The molecule has 1 aromatic carbocycles. The van der Waals surface area contributed by atoms with Crippen LogP contribution in [0.3, 0.4) is 0 Å². The second-order valence-electron chi connectivity index (χ2n) is 3.37. The van der Waals surface area contributed by atoms with Crippen LogP contribution in [0.4, 0.5) is 0 Å². The molecule has 0 radical (unpaired) electrons. The number of hydrogen-bond acceptors (Lipinski definition) is 4. The zero-order valence-electron chi connectivity index (χ0n) is 9.26. The van der Waals surface area contributed by atoms with Gasteiger partial charge < -0.3 is 14.6 Å². The minimum Gasteiger partial charge on any atom is -0.469 e. The average molecular weight is 224 g/mol. The zero-order valence-corrected chi connectivity index (χ0v) is 9.26. The van der Waals surface area contributed by atoms with Gasteiger partial charge >= 0.3 is 5.97 Å². The molecule has 0 aliphatic rings. The van der Waals surface area contributed by atoms with E-state index in [9.17, 15) is 9.90 Å². The molecule has 0 aromatic heterocycles. The van der Waals surface area contributed by atoms with Crippen LogP contribution in [0, 0.1) is 0 Å². The lowest BCUT2D eigenvalue weighted by atomic mass is 10.2. The van der Waals surface area contributed by atoms with Crippen LogP contribution in [0.5, 0.6) is 0 Å². The van der Waals surface area contributed by atoms with Gasteiger partial charge in [0, 0.05) is 6.42 Å². The fourth-order valence-electron chi connectivity index (χ4n) is 1.19. The Kier molecular flexibility index (Phi) is 5.53. The molecule has 0 amide bonds. The van der Waals surface area contributed by atoms with Crippen molar-refractivity contribution in [1.82, 2.24) is 0 Å². The Bertz CT molecular complexity index is 310. The second-order valence-corrected chi connectivity index (χ2v) is 3.37. The van der Waals surface area contributed by atoms with Crippen LogP contribution in [0.25, 0.3) is 0 Å². The Labute approximate surface area is 94.8 Å². The molecule has 4 heteroatoms. The van der Waals surface area contributed by atoms with Crippen molar-refractivity contribution in [3.05, 3.63) is 35.9 Å². The quantitative estimate of drug-likeness (QED) is 0.587. The number of esters is 1. The van der Waals surface area contributed by atoms with Crippen LogP contribution in [0.2, 0.25) is 0 Å². The van der Waals surface area contributed by atoms with Crippen LogP contribution >= 0.6 is 0 Å². The Morgan fingerprint density at radius 3 is 2.69 bits per heavy atom. The summed E-state index contributed by atoms with van der Waals surface area (Å²) in [6, 6.07) is 9.54. The number of ether oxygens (including phenoxy) is 2. The van der Waals surface area contributed by atoms with Crippen LogP contribution in [-0.4, -0.2) is 24.5 Å². The molecule has 16 heavy (non-hydrogen) atoms. The predicted octanol–water partition coefficient (Wildman–Crippen LogP) is 1.47. The molecule has 1 unspecified atom stereocenters. The molecule has 0 fully saturated rings. The Morgan fingerprint density at radius 2 is 2.06 bits per heavy atom. The first-order valence-electron chi connectivity index (χ1n) is 5.13. The molecule has 0 heterocycles. The molecule has 4 nitrogen and oxygen atoms in total. The predicted molar refractivity (Wildman–Crippen MR) is 58.5 cm³/mol. The molecule has 0 bridgehead atoms. The first-order chi connectivity index (χ1) is 7.72. The van der Waals surface area contributed by atoms with Crippen molar-refractivity contribution in [3.8, 4) is 0 Å². The number of carbonyl (C=O) groups is 1. The summed E-state index contributed by atoms with van der Waals surface area (Å²) in [5, 5.41) is 9.42. The van der Waals surface area contributed by atoms with Gasteiger partial charge in [0.05, 0.1) is 20.1 Å². The van der Waals surface area contributed by atoms with E-state index in [1.807, 2.05) is 30.3 Å². The summed E-state index contributed by atoms with van der Waals surface area (Å²) in [5.74, 6) is -0.345. The van der Waals surface area contributed by atoms with Crippen LogP contribution in [0.15, 0.2) is 30.3 Å². The number of aliphatic hydroxyl groups excluding tert-OH is 1. The van der Waals surface area contributed by atoms with E-state index in [-0.39, 0.29) is 18.8 Å². The van der Waals surface area contributed by atoms with Gasteiger partial charge in [-0.15, -0.1) is 0 Å². The first kappa shape index (κ1) is 12.7. The van der Waals surface area contributed by atoms with E-state index in [0.29, 0.717) is 6.61 Å². The maximum atomic E-state index is 10.8. The van der Waals surface area contributed by atoms with Gasteiger partial charge in [-0.05, 0) is 5.56 Å². The summed E-state index contributed by atoms with van der Waals surface area (Å²) in [4.78, 5) is 10.8. The van der Waals surface area contributed by atoms with Crippen molar-refractivity contribution in [3.63, 3.8) is 0 Å². The first-order valence-corrected chi connectivity index (χ1v) is 5.13. The molecule has 0 saturated heterocycles. The number of carbonyl (C=O) groups excluding carboxylic acids is 1. The van der Waals surface area contributed by atoms with Crippen molar-refractivity contribution < 1.29 is 19.4 Å².